The van der Waals surface area contributed by atoms with Crippen LogP contribution in [0.25, 0.3) is 0 Å². The Morgan fingerprint density at radius 2 is 1.91 bits per heavy atom. The molecule has 0 spiro atoms. The Labute approximate surface area is 131 Å². The van der Waals surface area contributed by atoms with Crippen LogP contribution in [-0.4, -0.2) is 36.1 Å². The third-order valence-corrected chi connectivity index (χ3v) is 3.71. The number of methoxy groups -OCH3 is 2. The molecule has 22 heavy (non-hydrogen) atoms. The van der Waals surface area contributed by atoms with E-state index < -0.39 is 0 Å². The van der Waals surface area contributed by atoms with Gasteiger partial charge in [-0.2, -0.15) is 0 Å². The van der Waals surface area contributed by atoms with Crippen LogP contribution in [0, 0.1) is 0 Å². The lowest BCUT2D eigenvalue weighted by Crippen LogP contribution is -2.25. The van der Waals surface area contributed by atoms with E-state index >= 15 is 0 Å². The Kier molecular flexibility index (Phi) is 5.72. The van der Waals surface area contributed by atoms with Crippen molar-refractivity contribution in [3.05, 3.63) is 48.0 Å². The number of nitrogens with zero attached hydrogens (tertiary/aromatic N) is 3. The smallest absolute Gasteiger partial charge is 0.183 e. The summed E-state index contributed by atoms with van der Waals surface area (Å²) in [5.74, 6) is 1.39. The first-order chi connectivity index (χ1) is 10.7. The standard InChI is InChI=1S/C17H23N3O2/c1-5-15(13-8-6-7-10-18-13)20(2)12-14-17(22-4)16(21-3)9-11-19-14/h6-11,15H,5,12H2,1-4H3. The van der Waals surface area contributed by atoms with Crippen molar-refractivity contribution in [1.29, 1.82) is 0 Å². The quantitative estimate of drug-likeness (QED) is 0.786. The average Bonchev–Trinajstić information content (AvgIpc) is 2.56. The lowest BCUT2D eigenvalue weighted by Gasteiger charge is -2.27. The summed E-state index contributed by atoms with van der Waals surface area (Å²) < 4.78 is 10.8. The van der Waals surface area contributed by atoms with Gasteiger partial charge in [-0.3, -0.25) is 14.9 Å². The number of hydrogen-bond acceptors (Lipinski definition) is 5. The third kappa shape index (κ3) is 3.54. The predicted octanol–water partition coefficient (Wildman–Crippen LogP) is 3.08. The fourth-order valence-electron chi connectivity index (χ4n) is 2.63. The molecule has 0 saturated carbocycles. The fraction of sp³-hybridized carbons (Fsp3) is 0.412. The zero-order valence-electron chi connectivity index (χ0n) is 13.6. The van der Waals surface area contributed by atoms with Gasteiger partial charge < -0.3 is 9.47 Å². The average molecular weight is 301 g/mol. The molecule has 0 aromatic carbocycles. The molecule has 0 aliphatic heterocycles. The second-order valence-corrected chi connectivity index (χ2v) is 5.09. The molecule has 2 aromatic rings. The molecule has 0 aliphatic rings. The van der Waals surface area contributed by atoms with Crippen molar-refractivity contribution < 1.29 is 9.47 Å². The molecule has 2 aromatic heterocycles. The summed E-state index contributed by atoms with van der Waals surface area (Å²) in [6.07, 6.45) is 4.54. The minimum atomic E-state index is 0.235. The molecule has 0 N–H and O–H groups in total. The van der Waals surface area contributed by atoms with Crippen LogP contribution >= 0.6 is 0 Å². The summed E-state index contributed by atoms with van der Waals surface area (Å²) >= 11 is 0. The molecular weight excluding hydrogens is 278 g/mol. The number of rotatable bonds is 7. The normalized spacial score (nSPS) is 12.2. The molecule has 0 radical (unpaired) electrons. The maximum atomic E-state index is 5.46. The monoisotopic (exact) mass is 301 g/mol. The summed E-state index contributed by atoms with van der Waals surface area (Å²) in [7, 11) is 5.34. The van der Waals surface area contributed by atoms with Crippen molar-refractivity contribution >= 4 is 0 Å². The summed E-state index contributed by atoms with van der Waals surface area (Å²) in [5, 5.41) is 0. The van der Waals surface area contributed by atoms with E-state index in [2.05, 4.69) is 34.9 Å². The van der Waals surface area contributed by atoms with Gasteiger partial charge in [0.2, 0.25) is 0 Å². The van der Waals surface area contributed by atoms with Crippen LogP contribution in [0.2, 0.25) is 0 Å². The number of aromatic nitrogens is 2. The van der Waals surface area contributed by atoms with E-state index in [9.17, 15) is 0 Å². The van der Waals surface area contributed by atoms with E-state index in [4.69, 9.17) is 9.47 Å². The van der Waals surface area contributed by atoms with E-state index in [0.29, 0.717) is 18.0 Å². The molecular formula is C17H23N3O2. The van der Waals surface area contributed by atoms with E-state index in [-0.39, 0.29) is 6.04 Å². The van der Waals surface area contributed by atoms with E-state index in [1.807, 2.05) is 18.3 Å². The van der Waals surface area contributed by atoms with Crippen molar-refractivity contribution in [2.75, 3.05) is 21.3 Å². The van der Waals surface area contributed by atoms with Gasteiger partial charge in [-0.25, -0.2) is 0 Å². The molecule has 2 rings (SSSR count). The van der Waals surface area contributed by atoms with Gasteiger partial charge in [-0.1, -0.05) is 13.0 Å². The molecule has 5 heteroatoms. The largest absolute Gasteiger partial charge is 0.493 e. The molecule has 2 heterocycles. The van der Waals surface area contributed by atoms with Crippen LogP contribution in [0.15, 0.2) is 36.7 Å². The summed E-state index contributed by atoms with van der Waals surface area (Å²) in [6, 6.07) is 8.05. The van der Waals surface area contributed by atoms with Gasteiger partial charge in [0, 0.05) is 25.0 Å². The Morgan fingerprint density at radius 1 is 1.09 bits per heavy atom. The summed E-state index contributed by atoms with van der Waals surface area (Å²) in [5.41, 5.74) is 1.92. The van der Waals surface area contributed by atoms with Crippen LogP contribution in [-0.2, 0) is 6.54 Å². The Balaban J connectivity index is 2.22. The van der Waals surface area contributed by atoms with Gasteiger partial charge in [0.25, 0.3) is 0 Å². The lowest BCUT2D eigenvalue weighted by atomic mass is 10.1. The topological polar surface area (TPSA) is 47.5 Å². The van der Waals surface area contributed by atoms with E-state index in [0.717, 1.165) is 17.8 Å². The summed E-state index contributed by atoms with van der Waals surface area (Å²) in [6.45, 7) is 2.82. The molecule has 1 unspecified atom stereocenters. The fourth-order valence-corrected chi connectivity index (χ4v) is 2.63. The number of pyridine rings is 2. The minimum Gasteiger partial charge on any atom is -0.493 e. The first-order valence-corrected chi connectivity index (χ1v) is 7.38. The second kappa shape index (κ2) is 7.75. The molecule has 0 aliphatic carbocycles. The predicted molar refractivity (Wildman–Crippen MR) is 86.1 cm³/mol. The molecule has 0 saturated heterocycles. The zero-order chi connectivity index (χ0) is 15.9. The van der Waals surface area contributed by atoms with Crippen LogP contribution in [0.1, 0.15) is 30.8 Å². The van der Waals surface area contributed by atoms with Gasteiger partial charge in [0.05, 0.1) is 26.0 Å². The number of hydrogen-bond donors (Lipinski definition) is 0. The van der Waals surface area contributed by atoms with Crippen molar-refractivity contribution in [2.45, 2.75) is 25.9 Å². The molecule has 0 amide bonds. The van der Waals surface area contributed by atoms with Crippen molar-refractivity contribution in [1.82, 2.24) is 14.9 Å². The van der Waals surface area contributed by atoms with Gasteiger partial charge in [0.15, 0.2) is 11.5 Å². The SMILES string of the molecule is CCC(c1ccccn1)N(C)Cc1nccc(OC)c1OC. The van der Waals surface area contributed by atoms with Crippen molar-refractivity contribution in [2.24, 2.45) is 0 Å². The lowest BCUT2D eigenvalue weighted by molar-refractivity contribution is 0.219. The van der Waals surface area contributed by atoms with E-state index in [1.165, 1.54) is 0 Å². The Morgan fingerprint density at radius 3 is 2.50 bits per heavy atom. The molecule has 1 atom stereocenters. The first-order valence-electron chi connectivity index (χ1n) is 7.38. The van der Waals surface area contributed by atoms with Crippen LogP contribution < -0.4 is 9.47 Å². The molecule has 0 bridgehead atoms. The highest BCUT2D eigenvalue weighted by atomic mass is 16.5. The van der Waals surface area contributed by atoms with E-state index in [1.54, 1.807) is 26.5 Å². The van der Waals surface area contributed by atoms with Crippen LogP contribution in [0.5, 0.6) is 11.5 Å². The minimum absolute atomic E-state index is 0.235. The van der Waals surface area contributed by atoms with Gasteiger partial charge in [-0.15, -0.1) is 0 Å². The van der Waals surface area contributed by atoms with Crippen LogP contribution in [0.4, 0.5) is 0 Å². The maximum Gasteiger partial charge on any atom is 0.183 e. The highest BCUT2D eigenvalue weighted by Crippen LogP contribution is 2.31. The number of ether oxygens (including phenoxy) is 2. The van der Waals surface area contributed by atoms with Gasteiger partial charge in [-0.05, 0) is 25.6 Å². The maximum absolute atomic E-state index is 5.46. The second-order valence-electron chi connectivity index (χ2n) is 5.09. The molecule has 0 fully saturated rings. The Hall–Kier alpha value is -2.14. The van der Waals surface area contributed by atoms with Crippen molar-refractivity contribution in [3.8, 4) is 11.5 Å². The zero-order valence-corrected chi connectivity index (χ0v) is 13.6. The molecule has 5 nitrogen and oxygen atoms in total. The van der Waals surface area contributed by atoms with Crippen molar-refractivity contribution in [3.63, 3.8) is 0 Å². The Bertz CT molecular complexity index is 590. The summed E-state index contributed by atoms with van der Waals surface area (Å²) in [4.78, 5) is 11.1. The molecule has 118 valence electrons. The first kappa shape index (κ1) is 16.2. The highest BCUT2D eigenvalue weighted by Gasteiger charge is 2.19. The van der Waals surface area contributed by atoms with Crippen LogP contribution in [0.3, 0.4) is 0 Å². The third-order valence-electron chi connectivity index (χ3n) is 3.71. The van der Waals surface area contributed by atoms with Gasteiger partial charge >= 0.3 is 0 Å². The van der Waals surface area contributed by atoms with Gasteiger partial charge in [0.1, 0.15) is 5.69 Å². The highest BCUT2D eigenvalue weighted by molar-refractivity contribution is 5.42.